The van der Waals surface area contributed by atoms with Gasteiger partial charge >= 0.3 is 0 Å². The molecule has 1 saturated heterocycles. The van der Waals surface area contributed by atoms with E-state index in [1.54, 1.807) is 20.3 Å². The van der Waals surface area contributed by atoms with Crippen LogP contribution in [-0.2, 0) is 17.8 Å². The number of aromatic nitrogens is 1. The molecule has 0 atom stereocenters. The molecular weight excluding hydrogens is 350 g/mol. The average molecular weight is 375 g/mol. The van der Waals surface area contributed by atoms with Crippen LogP contribution in [0.3, 0.4) is 0 Å². The van der Waals surface area contributed by atoms with Crippen LogP contribution in [0.25, 0.3) is 0 Å². The molecule has 1 aliphatic heterocycles. The Balaban J connectivity index is 1.56. The predicted octanol–water partition coefficient (Wildman–Crippen LogP) is 3.33. The van der Waals surface area contributed by atoms with E-state index in [2.05, 4.69) is 15.2 Å². The second-order valence-electron chi connectivity index (χ2n) is 6.38. The summed E-state index contributed by atoms with van der Waals surface area (Å²) in [5.41, 5.74) is 1.84. The minimum absolute atomic E-state index is 0.104. The molecule has 0 spiro atoms. The number of ether oxygens (including phenoxy) is 2. The topological polar surface area (TPSA) is 63.7 Å². The monoisotopic (exact) mass is 375 g/mol. The van der Waals surface area contributed by atoms with Crippen LogP contribution in [0.4, 0.5) is 5.13 Å². The summed E-state index contributed by atoms with van der Waals surface area (Å²) >= 11 is 1.47. The summed E-state index contributed by atoms with van der Waals surface area (Å²) in [6.45, 7) is 3.13. The Labute approximate surface area is 158 Å². The third-order valence-electron chi connectivity index (χ3n) is 4.48. The first-order valence-corrected chi connectivity index (χ1v) is 9.73. The van der Waals surface area contributed by atoms with Crippen molar-refractivity contribution in [1.82, 2.24) is 9.88 Å². The summed E-state index contributed by atoms with van der Waals surface area (Å²) in [5.74, 6) is 1.24. The lowest BCUT2D eigenvalue weighted by molar-refractivity contribution is -0.115. The van der Waals surface area contributed by atoms with Crippen LogP contribution < -0.4 is 14.8 Å². The standard InChI is InChI=1S/C19H25N3O3S/c1-24-16-7-6-14(17(11-16)25-2)10-18(23)21-19-20-15(13-26-19)12-22-8-4-3-5-9-22/h6-7,11,13H,3-5,8-10,12H2,1-2H3,(H,20,21,23). The Hall–Kier alpha value is -2.12. The van der Waals surface area contributed by atoms with Gasteiger partial charge in [-0.3, -0.25) is 9.69 Å². The molecule has 26 heavy (non-hydrogen) atoms. The highest BCUT2D eigenvalue weighted by Crippen LogP contribution is 2.25. The number of nitrogens with zero attached hydrogens (tertiary/aromatic N) is 2. The fourth-order valence-corrected chi connectivity index (χ4v) is 3.84. The van der Waals surface area contributed by atoms with E-state index in [-0.39, 0.29) is 12.3 Å². The largest absolute Gasteiger partial charge is 0.497 e. The molecule has 0 saturated carbocycles. The van der Waals surface area contributed by atoms with Crippen molar-refractivity contribution in [3.63, 3.8) is 0 Å². The maximum atomic E-state index is 12.4. The van der Waals surface area contributed by atoms with Gasteiger partial charge in [-0.2, -0.15) is 0 Å². The first kappa shape index (κ1) is 18.7. The van der Waals surface area contributed by atoms with E-state index in [4.69, 9.17) is 9.47 Å². The first-order chi connectivity index (χ1) is 12.7. The third kappa shape index (κ3) is 4.95. The number of hydrogen-bond acceptors (Lipinski definition) is 6. The maximum absolute atomic E-state index is 12.4. The van der Waals surface area contributed by atoms with Crippen molar-refractivity contribution in [2.45, 2.75) is 32.2 Å². The van der Waals surface area contributed by atoms with Crippen LogP contribution in [0.15, 0.2) is 23.6 Å². The number of piperidine rings is 1. The van der Waals surface area contributed by atoms with Crippen molar-refractivity contribution in [2.24, 2.45) is 0 Å². The molecule has 3 rings (SSSR count). The van der Waals surface area contributed by atoms with Gasteiger partial charge < -0.3 is 14.8 Å². The van der Waals surface area contributed by atoms with Gasteiger partial charge in [-0.25, -0.2) is 4.98 Å². The normalized spacial score (nSPS) is 14.8. The number of nitrogens with one attached hydrogen (secondary N) is 1. The number of thiazole rings is 1. The molecule has 2 aromatic rings. The molecule has 1 aliphatic rings. The van der Waals surface area contributed by atoms with E-state index in [9.17, 15) is 4.79 Å². The zero-order valence-electron chi connectivity index (χ0n) is 15.3. The van der Waals surface area contributed by atoms with E-state index >= 15 is 0 Å². The Morgan fingerprint density at radius 3 is 2.77 bits per heavy atom. The molecule has 2 heterocycles. The predicted molar refractivity (Wildman–Crippen MR) is 103 cm³/mol. The second kappa shape index (κ2) is 9.00. The first-order valence-electron chi connectivity index (χ1n) is 8.85. The van der Waals surface area contributed by atoms with Gasteiger partial charge in [-0.05, 0) is 32.0 Å². The highest BCUT2D eigenvalue weighted by atomic mass is 32.1. The second-order valence-corrected chi connectivity index (χ2v) is 7.24. The van der Waals surface area contributed by atoms with Gasteiger partial charge in [-0.15, -0.1) is 11.3 Å². The number of likely N-dealkylation sites (tertiary alicyclic amines) is 1. The summed E-state index contributed by atoms with van der Waals surface area (Å²) in [6, 6.07) is 5.45. The van der Waals surface area contributed by atoms with Crippen molar-refractivity contribution >= 4 is 22.4 Å². The highest BCUT2D eigenvalue weighted by molar-refractivity contribution is 7.13. The number of anilines is 1. The Morgan fingerprint density at radius 2 is 2.04 bits per heavy atom. The van der Waals surface area contributed by atoms with Gasteiger partial charge in [0, 0.05) is 23.6 Å². The SMILES string of the molecule is COc1ccc(CC(=O)Nc2nc(CN3CCCCC3)cs2)c(OC)c1. The third-order valence-corrected chi connectivity index (χ3v) is 5.28. The summed E-state index contributed by atoms with van der Waals surface area (Å²) in [5, 5.41) is 5.56. The number of carbonyl (C=O) groups excluding carboxylic acids is 1. The quantitative estimate of drug-likeness (QED) is 0.804. The van der Waals surface area contributed by atoms with Crippen LogP contribution in [0.5, 0.6) is 11.5 Å². The molecular formula is C19H25N3O3S. The van der Waals surface area contributed by atoms with Gasteiger partial charge in [0.05, 0.1) is 26.3 Å². The molecule has 0 bridgehead atoms. The van der Waals surface area contributed by atoms with Crippen molar-refractivity contribution in [3.8, 4) is 11.5 Å². The smallest absolute Gasteiger partial charge is 0.230 e. The van der Waals surface area contributed by atoms with Gasteiger partial charge in [-0.1, -0.05) is 12.5 Å². The van der Waals surface area contributed by atoms with Gasteiger partial charge in [0.25, 0.3) is 0 Å². The molecule has 1 N–H and O–H groups in total. The fourth-order valence-electron chi connectivity index (χ4n) is 3.12. The van der Waals surface area contributed by atoms with E-state index in [0.717, 1.165) is 30.9 Å². The number of hydrogen-bond donors (Lipinski definition) is 1. The maximum Gasteiger partial charge on any atom is 0.230 e. The highest BCUT2D eigenvalue weighted by Gasteiger charge is 2.14. The zero-order chi connectivity index (χ0) is 18.4. The zero-order valence-corrected chi connectivity index (χ0v) is 16.1. The minimum Gasteiger partial charge on any atom is -0.497 e. The summed E-state index contributed by atoms with van der Waals surface area (Å²) < 4.78 is 10.5. The van der Waals surface area contributed by atoms with E-state index in [1.165, 1.54) is 30.6 Å². The fraction of sp³-hybridized carbons (Fsp3) is 0.474. The summed E-state index contributed by atoms with van der Waals surface area (Å²) in [6.07, 6.45) is 4.08. The van der Waals surface area contributed by atoms with E-state index in [0.29, 0.717) is 16.6 Å². The number of rotatable bonds is 7. The molecule has 0 radical (unpaired) electrons. The molecule has 140 valence electrons. The van der Waals surface area contributed by atoms with Crippen molar-refractivity contribution < 1.29 is 14.3 Å². The van der Waals surface area contributed by atoms with Gasteiger partial charge in [0.2, 0.25) is 5.91 Å². The average Bonchev–Trinajstić information content (AvgIpc) is 3.09. The van der Waals surface area contributed by atoms with E-state index < -0.39 is 0 Å². The Morgan fingerprint density at radius 1 is 1.23 bits per heavy atom. The van der Waals surface area contributed by atoms with Crippen molar-refractivity contribution in [1.29, 1.82) is 0 Å². The van der Waals surface area contributed by atoms with Crippen LogP contribution in [0.1, 0.15) is 30.5 Å². The van der Waals surface area contributed by atoms with Crippen LogP contribution >= 0.6 is 11.3 Å². The Kier molecular flexibility index (Phi) is 6.46. The number of amides is 1. The molecule has 0 unspecified atom stereocenters. The van der Waals surface area contributed by atoms with Crippen molar-refractivity contribution in [2.75, 3.05) is 32.6 Å². The number of carbonyl (C=O) groups is 1. The number of benzene rings is 1. The lowest BCUT2D eigenvalue weighted by Gasteiger charge is -2.25. The van der Waals surface area contributed by atoms with Gasteiger partial charge in [0.1, 0.15) is 11.5 Å². The van der Waals surface area contributed by atoms with Crippen LogP contribution in [0, 0.1) is 0 Å². The number of methoxy groups -OCH3 is 2. The van der Waals surface area contributed by atoms with Crippen LogP contribution in [0.2, 0.25) is 0 Å². The molecule has 0 aliphatic carbocycles. The lowest BCUT2D eigenvalue weighted by atomic mass is 10.1. The van der Waals surface area contributed by atoms with Crippen molar-refractivity contribution in [3.05, 3.63) is 34.8 Å². The Bertz CT molecular complexity index is 741. The lowest BCUT2D eigenvalue weighted by Crippen LogP contribution is -2.29. The van der Waals surface area contributed by atoms with Crippen LogP contribution in [-0.4, -0.2) is 43.1 Å². The summed E-state index contributed by atoms with van der Waals surface area (Å²) in [7, 11) is 3.19. The van der Waals surface area contributed by atoms with Gasteiger partial charge in [0.15, 0.2) is 5.13 Å². The molecule has 6 nitrogen and oxygen atoms in total. The molecule has 1 aromatic heterocycles. The summed E-state index contributed by atoms with van der Waals surface area (Å²) in [4.78, 5) is 19.3. The molecule has 1 aromatic carbocycles. The minimum atomic E-state index is -0.104. The molecule has 1 amide bonds. The molecule has 7 heteroatoms. The van der Waals surface area contributed by atoms with E-state index in [1.807, 2.05) is 17.5 Å². The molecule has 1 fully saturated rings.